The molecule has 0 fully saturated rings. The van der Waals surface area contributed by atoms with Crippen LogP contribution in [-0.2, 0) is 13.6 Å². The van der Waals surface area contributed by atoms with E-state index >= 15 is 0 Å². The summed E-state index contributed by atoms with van der Waals surface area (Å²) in [7, 11) is 1.89. The van der Waals surface area contributed by atoms with Gasteiger partial charge in [-0.1, -0.05) is 0 Å². The van der Waals surface area contributed by atoms with Crippen LogP contribution in [0.3, 0.4) is 0 Å². The summed E-state index contributed by atoms with van der Waals surface area (Å²) in [6.45, 7) is 0.433. The van der Waals surface area contributed by atoms with Gasteiger partial charge in [0.1, 0.15) is 0 Å². The van der Waals surface area contributed by atoms with E-state index in [1.165, 1.54) is 0 Å². The topological polar surface area (TPSA) is 59.8 Å². The average Bonchev–Trinajstić information content (AvgIpc) is 2.73. The predicted molar refractivity (Wildman–Crippen MR) is 58.6 cm³/mol. The quantitative estimate of drug-likeness (QED) is 0.823. The summed E-state index contributed by atoms with van der Waals surface area (Å²) in [6.07, 6.45) is 6.76. The van der Waals surface area contributed by atoms with Gasteiger partial charge in [-0.05, 0) is 12.1 Å². The molecule has 0 saturated carbocycles. The number of hydrogen-bond donors (Lipinski definition) is 1. The van der Waals surface area contributed by atoms with Crippen LogP contribution in [0.1, 0.15) is 16.1 Å². The number of carbonyl (C=O) groups is 1. The highest BCUT2D eigenvalue weighted by molar-refractivity contribution is 5.93. The third-order valence-corrected chi connectivity index (χ3v) is 2.13. The Morgan fingerprint density at radius 1 is 1.44 bits per heavy atom. The van der Waals surface area contributed by atoms with Gasteiger partial charge in [-0.2, -0.15) is 0 Å². The van der Waals surface area contributed by atoms with Crippen LogP contribution in [0, 0.1) is 0 Å². The lowest BCUT2D eigenvalue weighted by atomic mass is 10.2. The van der Waals surface area contributed by atoms with Crippen LogP contribution in [0.2, 0.25) is 0 Å². The molecule has 2 heterocycles. The second-order valence-electron chi connectivity index (χ2n) is 3.45. The summed E-state index contributed by atoms with van der Waals surface area (Å²) in [6, 6.07) is 3.35. The van der Waals surface area contributed by atoms with Gasteiger partial charge in [0.05, 0.1) is 18.6 Å². The maximum absolute atomic E-state index is 11.7. The molecule has 0 spiro atoms. The monoisotopic (exact) mass is 216 g/mol. The molecule has 0 unspecified atom stereocenters. The molecular weight excluding hydrogens is 204 g/mol. The number of hydrogen-bond acceptors (Lipinski definition) is 3. The van der Waals surface area contributed by atoms with Crippen LogP contribution in [0.4, 0.5) is 0 Å². The molecular formula is C11H12N4O. The van der Waals surface area contributed by atoms with Crippen molar-refractivity contribution in [2.45, 2.75) is 6.54 Å². The molecule has 0 radical (unpaired) electrons. The molecule has 82 valence electrons. The summed E-state index contributed by atoms with van der Waals surface area (Å²) in [5.74, 6) is -0.118. The lowest BCUT2D eigenvalue weighted by Gasteiger charge is -2.02. The molecule has 0 atom stereocenters. The Hall–Kier alpha value is -2.17. The third-order valence-electron chi connectivity index (χ3n) is 2.13. The fourth-order valence-corrected chi connectivity index (χ4v) is 1.33. The number of nitrogens with one attached hydrogen (secondary N) is 1. The summed E-state index contributed by atoms with van der Waals surface area (Å²) in [5.41, 5.74) is 1.44. The highest BCUT2D eigenvalue weighted by Gasteiger charge is 2.04. The summed E-state index contributed by atoms with van der Waals surface area (Å²) >= 11 is 0. The Balaban J connectivity index is 1.94. The van der Waals surface area contributed by atoms with E-state index in [1.54, 1.807) is 30.9 Å². The maximum atomic E-state index is 11.7. The number of rotatable bonds is 3. The van der Waals surface area contributed by atoms with E-state index in [4.69, 9.17) is 0 Å². The van der Waals surface area contributed by atoms with E-state index in [-0.39, 0.29) is 5.91 Å². The van der Waals surface area contributed by atoms with E-state index in [0.29, 0.717) is 12.1 Å². The molecule has 2 rings (SSSR count). The average molecular weight is 216 g/mol. The largest absolute Gasteiger partial charge is 0.346 e. The van der Waals surface area contributed by atoms with Gasteiger partial charge in [0.2, 0.25) is 0 Å². The molecule has 0 aliphatic rings. The Bertz CT molecular complexity index is 478. The second kappa shape index (κ2) is 4.57. The van der Waals surface area contributed by atoms with Gasteiger partial charge in [0, 0.05) is 31.2 Å². The molecule has 1 N–H and O–H groups in total. The SMILES string of the molecule is Cn1cnc(CNC(=O)c2ccncc2)c1. The minimum absolute atomic E-state index is 0.118. The van der Waals surface area contributed by atoms with Gasteiger partial charge in [-0.25, -0.2) is 4.98 Å². The van der Waals surface area contributed by atoms with Crippen molar-refractivity contribution in [3.63, 3.8) is 0 Å². The molecule has 5 heteroatoms. The van der Waals surface area contributed by atoms with Crippen molar-refractivity contribution in [1.82, 2.24) is 19.9 Å². The zero-order valence-electron chi connectivity index (χ0n) is 8.92. The van der Waals surface area contributed by atoms with Gasteiger partial charge >= 0.3 is 0 Å². The van der Waals surface area contributed by atoms with Crippen LogP contribution in [0.25, 0.3) is 0 Å². The zero-order chi connectivity index (χ0) is 11.4. The standard InChI is InChI=1S/C11H12N4O/c1-15-7-10(14-8-15)6-13-11(16)9-2-4-12-5-3-9/h2-5,7-8H,6H2,1H3,(H,13,16). The minimum Gasteiger partial charge on any atom is -0.346 e. The van der Waals surface area contributed by atoms with E-state index in [9.17, 15) is 4.79 Å². The lowest BCUT2D eigenvalue weighted by molar-refractivity contribution is 0.0950. The maximum Gasteiger partial charge on any atom is 0.251 e. The van der Waals surface area contributed by atoms with Crippen molar-refractivity contribution in [3.8, 4) is 0 Å². The normalized spacial score (nSPS) is 10.1. The number of aryl methyl sites for hydroxylation is 1. The highest BCUT2D eigenvalue weighted by atomic mass is 16.1. The Labute approximate surface area is 93.2 Å². The second-order valence-corrected chi connectivity index (χ2v) is 3.45. The van der Waals surface area contributed by atoms with Crippen LogP contribution < -0.4 is 5.32 Å². The first kappa shape index (κ1) is 10.4. The minimum atomic E-state index is -0.118. The molecule has 1 amide bonds. The van der Waals surface area contributed by atoms with Crippen molar-refractivity contribution < 1.29 is 4.79 Å². The lowest BCUT2D eigenvalue weighted by Crippen LogP contribution is -2.22. The first-order valence-electron chi connectivity index (χ1n) is 4.91. The van der Waals surface area contributed by atoms with Gasteiger partial charge in [-0.3, -0.25) is 9.78 Å². The highest BCUT2D eigenvalue weighted by Crippen LogP contribution is 1.98. The molecule has 0 aromatic carbocycles. The molecule has 16 heavy (non-hydrogen) atoms. The van der Waals surface area contributed by atoms with Gasteiger partial charge in [0.25, 0.3) is 5.91 Å². The van der Waals surface area contributed by atoms with E-state index < -0.39 is 0 Å². The Morgan fingerprint density at radius 2 is 2.19 bits per heavy atom. The fraction of sp³-hybridized carbons (Fsp3) is 0.182. The molecule has 0 aliphatic carbocycles. The third kappa shape index (κ3) is 2.44. The Morgan fingerprint density at radius 3 is 2.81 bits per heavy atom. The zero-order valence-corrected chi connectivity index (χ0v) is 8.92. The molecule has 2 aromatic heterocycles. The van der Waals surface area contributed by atoms with Crippen LogP contribution >= 0.6 is 0 Å². The summed E-state index contributed by atoms with van der Waals surface area (Å²) < 4.78 is 1.84. The van der Waals surface area contributed by atoms with Crippen molar-refractivity contribution in [2.75, 3.05) is 0 Å². The number of aromatic nitrogens is 3. The smallest absolute Gasteiger partial charge is 0.251 e. The van der Waals surface area contributed by atoms with Gasteiger partial charge in [0.15, 0.2) is 0 Å². The molecule has 5 nitrogen and oxygen atoms in total. The van der Waals surface area contributed by atoms with Crippen LogP contribution in [-0.4, -0.2) is 20.4 Å². The van der Waals surface area contributed by atoms with Gasteiger partial charge in [-0.15, -0.1) is 0 Å². The molecule has 0 bridgehead atoms. The van der Waals surface area contributed by atoms with Crippen LogP contribution in [0.5, 0.6) is 0 Å². The van der Waals surface area contributed by atoms with Crippen molar-refractivity contribution in [2.24, 2.45) is 7.05 Å². The number of imidazole rings is 1. The number of pyridine rings is 1. The molecule has 2 aromatic rings. The first-order chi connectivity index (χ1) is 7.75. The van der Waals surface area contributed by atoms with E-state index in [2.05, 4.69) is 15.3 Å². The van der Waals surface area contributed by atoms with Crippen molar-refractivity contribution >= 4 is 5.91 Å². The van der Waals surface area contributed by atoms with E-state index in [0.717, 1.165) is 5.69 Å². The van der Waals surface area contributed by atoms with Crippen molar-refractivity contribution in [1.29, 1.82) is 0 Å². The molecule has 0 aliphatic heterocycles. The van der Waals surface area contributed by atoms with E-state index in [1.807, 2.05) is 17.8 Å². The summed E-state index contributed by atoms with van der Waals surface area (Å²) in [5, 5.41) is 2.79. The van der Waals surface area contributed by atoms with Gasteiger partial charge < -0.3 is 9.88 Å². The van der Waals surface area contributed by atoms with Crippen molar-refractivity contribution in [3.05, 3.63) is 48.3 Å². The number of amides is 1. The fourth-order valence-electron chi connectivity index (χ4n) is 1.33. The first-order valence-corrected chi connectivity index (χ1v) is 4.91. The molecule has 0 saturated heterocycles. The number of carbonyl (C=O) groups excluding carboxylic acids is 1. The predicted octanol–water partition coefficient (Wildman–Crippen LogP) is 0.745. The summed E-state index contributed by atoms with van der Waals surface area (Å²) in [4.78, 5) is 19.6. The number of nitrogens with zero attached hydrogens (tertiary/aromatic N) is 3. The Kier molecular flexibility index (Phi) is 2.95. The van der Waals surface area contributed by atoms with Crippen LogP contribution in [0.15, 0.2) is 37.1 Å².